The Balaban J connectivity index is 1.99. The predicted molar refractivity (Wildman–Crippen MR) is 98.4 cm³/mol. The zero-order valence-corrected chi connectivity index (χ0v) is 13.9. The monoisotopic (exact) mass is 333 g/mol. The Morgan fingerprint density at radius 3 is 2.21 bits per heavy atom. The fraction of sp³-hybridized carbons (Fsp3) is 0.0500. The van der Waals surface area contributed by atoms with Crippen molar-refractivity contribution in [3.8, 4) is 22.4 Å². The van der Waals surface area contributed by atoms with Crippen molar-refractivity contribution in [3.63, 3.8) is 0 Å². The number of carbonyl (C=O) groups excluding carboxylic acids is 1. The van der Waals surface area contributed by atoms with Crippen LogP contribution in [0.3, 0.4) is 0 Å². The number of hydrogen-bond donors (Lipinski definition) is 1. The number of ether oxygens (including phenoxy) is 1. The summed E-state index contributed by atoms with van der Waals surface area (Å²) in [4.78, 5) is 15.9. The van der Waals surface area contributed by atoms with Gasteiger partial charge in [0.25, 0.3) is 0 Å². The average molecular weight is 333 g/mol. The number of carbonyl (C=O) groups is 1. The van der Waals surface area contributed by atoms with E-state index in [-0.39, 0.29) is 5.97 Å². The van der Waals surface area contributed by atoms with E-state index in [0.29, 0.717) is 4.88 Å². The first-order chi connectivity index (χ1) is 11.8. The Bertz CT molecular complexity index is 1000. The van der Waals surface area contributed by atoms with Gasteiger partial charge in [-0.2, -0.15) is 0 Å². The van der Waals surface area contributed by atoms with Crippen molar-refractivity contribution >= 4 is 27.5 Å². The first-order valence-electron chi connectivity index (χ1n) is 7.62. The van der Waals surface area contributed by atoms with Crippen LogP contribution in [0.15, 0.2) is 66.7 Å². The maximum Gasteiger partial charge on any atom is 0.348 e. The zero-order chi connectivity index (χ0) is 16.5. The molecule has 0 bridgehead atoms. The van der Waals surface area contributed by atoms with Gasteiger partial charge in [0.15, 0.2) is 0 Å². The first kappa shape index (κ1) is 14.7. The number of methoxy groups -OCH3 is 1. The van der Waals surface area contributed by atoms with Crippen LogP contribution >= 0.6 is 11.3 Å². The van der Waals surface area contributed by atoms with Crippen LogP contribution in [0.2, 0.25) is 0 Å². The molecule has 24 heavy (non-hydrogen) atoms. The van der Waals surface area contributed by atoms with Crippen molar-refractivity contribution in [2.45, 2.75) is 0 Å². The molecule has 2 aromatic carbocycles. The number of benzene rings is 2. The van der Waals surface area contributed by atoms with Gasteiger partial charge in [-0.3, -0.25) is 0 Å². The molecule has 1 N–H and O–H groups in total. The molecule has 4 heteroatoms. The van der Waals surface area contributed by atoms with Crippen molar-refractivity contribution in [1.29, 1.82) is 0 Å². The van der Waals surface area contributed by atoms with Gasteiger partial charge in [0.2, 0.25) is 0 Å². The summed E-state index contributed by atoms with van der Waals surface area (Å²) >= 11 is 1.46. The molecule has 0 aliphatic rings. The zero-order valence-electron chi connectivity index (χ0n) is 13.1. The molecule has 4 rings (SSSR count). The molecule has 4 aromatic rings. The number of esters is 1. The summed E-state index contributed by atoms with van der Waals surface area (Å²) in [5.41, 5.74) is 5.40. The Labute approximate surface area is 143 Å². The number of aromatic nitrogens is 1. The van der Waals surface area contributed by atoms with Gasteiger partial charge in [-0.15, -0.1) is 11.3 Å². The van der Waals surface area contributed by atoms with Crippen LogP contribution in [0.25, 0.3) is 32.6 Å². The van der Waals surface area contributed by atoms with Crippen LogP contribution in [0, 0.1) is 0 Å². The third-order valence-electron chi connectivity index (χ3n) is 3.98. The van der Waals surface area contributed by atoms with E-state index in [4.69, 9.17) is 4.74 Å². The highest BCUT2D eigenvalue weighted by Gasteiger charge is 2.19. The summed E-state index contributed by atoms with van der Waals surface area (Å²) in [6.45, 7) is 0. The standard InChI is InChI=1S/C20H15NO2S/c1-23-20(22)16-12-15-19(24-16)17(13-8-4-2-5-9-13)18(21-15)14-10-6-3-7-11-14/h2-12,21H,1H3. The van der Waals surface area contributed by atoms with Crippen molar-refractivity contribution in [1.82, 2.24) is 4.98 Å². The summed E-state index contributed by atoms with van der Waals surface area (Å²) in [6, 6.07) is 22.3. The van der Waals surface area contributed by atoms with Gasteiger partial charge in [-0.25, -0.2) is 4.79 Å². The first-order valence-corrected chi connectivity index (χ1v) is 8.44. The normalized spacial score (nSPS) is 10.9. The molecule has 0 saturated carbocycles. The molecule has 0 radical (unpaired) electrons. The third kappa shape index (κ3) is 2.41. The minimum atomic E-state index is -0.301. The minimum Gasteiger partial charge on any atom is -0.465 e. The maximum absolute atomic E-state index is 11.9. The number of hydrogen-bond acceptors (Lipinski definition) is 3. The van der Waals surface area contributed by atoms with Crippen LogP contribution in [0.5, 0.6) is 0 Å². The minimum absolute atomic E-state index is 0.301. The van der Waals surface area contributed by atoms with E-state index in [1.807, 2.05) is 42.5 Å². The van der Waals surface area contributed by atoms with Crippen molar-refractivity contribution in [2.75, 3.05) is 7.11 Å². The molecule has 3 nitrogen and oxygen atoms in total. The van der Waals surface area contributed by atoms with Crippen LogP contribution in [0.1, 0.15) is 9.67 Å². The lowest BCUT2D eigenvalue weighted by atomic mass is 10.0. The van der Waals surface area contributed by atoms with Crippen LogP contribution in [-0.4, -0.2) is 18.1 Å². The Kier molecular flexibility index (Phi) is 3.67. The van der Waals surface area contributed by atoms with Gasteiger partial charge in [0, 0.05) is 5.56 Å². The van der Waals surface area contributed by atoms with E-state index >= 15 is 0 Å². The van der Waals surface area contributed by atoms with Crippen LogP contribution in [0.4, 0.5) is 0 Å². The summed E-state index contributed by atoms with van der Waals surface area (Å²) in [7, 11) is 1.41. The van der Waals surface area contributed by atoms with E-state index in [0.717, 1.165) is 32.6 Å². The second-order valence-electron chi connectivity index (χ2n) is 5.45. The molecule has 2 heterocycles. The molecule has 0 unspecified atom stereocenters. The van der Waals surface area contributed by atoms with Crippen molar-refractivity contribution < 1.29 is 9.53 Å². The SMILES string of the molecule is COC(=O)c1cc2[nH]c(-c3ccccc3)c(-c3ccccc3)c2s1. The molecule has 0 saturated heterocycles. The highest BCUT2D eigenvalue weighted by Crippen LogP contribution is 2.42. The summed E-state index contributed by atoms with van der Waals surface area (Å²) < 4.78 is 5.92. The predicted octanol–water partition coefficient (Wildman–Crippen LogP) is 5.35. The van der Waals surface area contributed by atoms with Crippen molar-refractivity contribution in [2.24, 2.45) is 0 Å². The largest absolute Gasteiger partial charge is 0.465 e. The summed E-state index contributed by atoms with van der Waals surface area (Å²) in [6.07, 6.45) is 0. The Hall–Kier alpha value is -2.85. The molecule has 0 fully saturated rings. The number of thiophene rings is 1. The lowest BCUT2D eigenvalue weighted by Crippen LogP contribution is -1.96. The second kappa shape index (κ2) is 5.98. The highest BCUT2D eigenvalue weighted by molar-refractivity contribution is 7.21. The van der Waals surface area contributed by atoms with E-state index in [1.54, 1.807) is 0 Å². The molecule has 118 valence electrons. The van der Waals surface area contributed by atoms with E-state index in [2.05, 4.69) is 29.2 Å². The van der Waals surface area contributed by atoms with E-state index in [1.165, 1.54) is 18.4 Å². The average Bonchev–Trinajstić information content (AvgIpc) is 3.20. The molecular weight excluding hydrogens is 318 g/mol. The number of aromatic amines is 1. The smallest absolute Gasteiger partial charge is 0.348 e. The summed E-state index contributed by atoms with van der Waals surface area (Å²) in [5, 5.41) is 0. The lowest BCUT2D eigenvalue weighted by molar-refractivity contribution is 0.0606. The van der Waals surface area contributed by atoms with Crippen LogP contribution < -0.4 is 0 Å². The molecular formula is C20H15NO2S. The van der Waals surface area contributed by atoms with Crippen LogP contribution in [-0.2, 0) is 4.74 Å². The van der Waals surface area contributed by atoms with Gasteiger partial charge < -0.3 is 9.72 Å². The molecule has 0 aliphatic heterocycles. The quantitative estimate of drug-likeness (QED) is 0.514. The highest BCUT2D eigenvalue weighted by atomic mass is 32.1. The number of H-pyrrole nitrogens is 1. The topological polar surface area (TPSA) is 42.1 Å². The Morgan fingerprint density at radius 2 is 1.58 bits per heavy atom. The van der Waals surface area contributed by atoms with Gasteiger partial charge in [0.05, 0.1) is 23.0 Å². The van der Waals surface area contributed by atoms with E-state index in [9.17, 15) is 4.79 Å². The molecule has 0 atom stereocenters. The molecule has 2 aromatic heterocycles. The second-order valence-corrected chi connectivity index (χ2v) is 6.50. The van der Waals surface area contributed by atoms with Gasteiger partial charge >= 0.3 is 5.97 Å². The maximum atomic E-state index is 11.9. The van der Waals surface area contributed by atoms with E-state index < -0.39 is 0 Å². The number of nitrogens with one attached hydrogen (secondary N) is 1. The fourth-order valence-electron chi connectivity index (χ4n) is 2.88. The lowest BCUT2D eigenvalue weighted by Gasteiger charge is -2.05. The number of rotatable bonds is 3. The van der Waals surface area contributed by atoms with Gasteiger partial charge in [0.1, 0.15) is 4.88 Å². The number of fused-ring (bicyclic) bond motifs is 1. The third-order valence-corrected chi connectivity index (χ3v) is 5.11. The van der Waals surface area contributed by atoms with Gasteiger partial charge in [-0.05, 0) is 17.2 Å². The molecule has 0 aliphatic carbocycles. The molecule has 0 spiro atoms. The van der Waals surface area contributed by atoms with Crippen molar-refractivity contribution in [3.05, 3.63) is 71.6 Å². The molecule has 0 amide bonds. The van der Waals surface area contributed by atoms with Gasteiger partial charge in [-0.1, -0.05) is 60.7 Å². The Morgan fingerprint density at radius 1 is 0.958 bits per heavy atom. The fourth-order valence-corrected chi connectivity index (χ4v) is 3.99. The summed E-state index contributed by atoms with van der Waals surface area (Å²) in [5.74, 6) is -0.301.